The van der Waals surface area contributed by atoms with Crippen LogP contribution in [0.15, 0.2) is 28.7 Å². The van der Waals surface area contributed by atoms with Crippen LogP contribution in [0, 0.1) is 0 Å². The maximum absolute atomic E-state index is 6.11. The van der Waals surface area contributed by atoms with E-state index >= 15 is 0 Å². The Morgan fingerprint density at radius 2 is 2.22 bits per heavy atom. The van der Waals surface area contributed by atoms with Crippen molar-refractivity contribution < 1.29 is 9.15 Å². The first-order valence-electron chi connectivity index (χ1n) is 6.03. The topological polar surface area (TPSA) is 34.4 Å². The van der Waals surface area contributed by atoms with Crippen LogP contribution in [0.4, 0.5) is 0 Å². The van der Waals surface area contributed by atoms with Gasteiger partial charge in [0.15, 0.2) is 5.58 Å². The van der Waals surface area contributed by atoms with Crippen molar-refractivity contribution in [2.75, 3.05) is 14.2 Å². The average Bonchev–Trinajstić information content (AvgIpc) is 2.80. The predicted octanol–water partition coefficient (Wildman–Crippen LogP) is 3.77. The second kappa shape index (κ2) is 5.74. The summed E-state index contributed by atoms with van der Waals surface area (Å²) in [5.41, 5.74) is 0.750. The molecule has 2 unspecified atom stereocenters. The lowest BCUT2D eigenvalue weighted by Crippen LogP contribution is -2.21. The van der Waals surface area contributed by atoms with Crippen molar-refractivity contribution in [1.82, 2.24) is 5.32 Å². The van der Waals surface area contributed by atoms with Crippen molar-refractivity contribution in [3.05, 3.63) is 35.0 Å². The van der Waals surface area contributed by atoms with Crippen LogP contribution in [0.3, 0.4) is 0 Å². The first kappa shape index (κ1) is 13.4. The molecule has 0 aliphatic heterocycles. The Hall–Kier alpha value is -1.03. The monoisotopic (exact) mass is 267 g/mol. The third-order valence-electron chi connectivity index (χ3n) is 3.18. The summed E-state index contributed by atoms with van der Waals surface area (Å²) in [6.45, 7) is 2.04. The molecule has 0 saturated heterocycles. The van der Waals surface area contributed by atoms with E-state index in [4.69, 9.17) is 20.8 Å². The maximum atomic E-state index is 6.11. The van der Waals surface area contributed by atoms with Crippen molar-refractivity contribution >= 4 is 22.6 Å². The van der Waals surface area contributed by atoms with Crippen molar-refractivity contribution in [1.29, 1.82) is 0 Å². The summed E-state index contributed by atoms with van der Waals surface area (Å²) in [6, 6.07) is 7.92. The fraction of sp³-hybridized carbons (Fsp3) is 0.429. The molecule has 98 valence electrons. The van der Waals surface area contributed by atoms with Gasteiger partial charge in [0, 0.05) is 12.5 Å². The van der Waals surface area contributed by atoms with Crippen molar-refractivity contribution in [2.45, 2.75) is 25.5 Å². The molecule has 0 aliphatic rings. The van der Waals surface area contributed by atoms with E-state index < -0.39 is 0 Å². The van der Waals surface area contributed by atoms with E-state index in [2.05, 4.69) is 5.32 Å². The van der Waals surface area contributed by atoms with Gasteiger partial charge in [0.05, 0.1) is 17.2 Å². The largest absolute Gasteiger partial charge is 0.458 e. The Morgan fingerprint density at radius 1 is 1.44 bits per heavy atom. The molecule has 1 aromatic carbocycles. The Labute approximate surface area is 112 Å². The van der Waals surface area contributed by atoms with Gasteiger partial charge < -0.3 is 14.5 Å². The van der Waals surface area contributed by atoms with E-state index in [1.807, 2.05) is 38.2 Å². The summed E-state index contributed by atoms with van der Waals surface area (Å²) in [6.07, 6.45) is 1.02. The number of hydrogen-bond acceptors (Lipinski definition) is 3. The third-order valence-corrected chi connectivity index (χ3v) is 3.47. The SMILES string of the molecule is CNC(CC(C)OC)c1cc2cccc(Cl)c2o1. The summed E-state index contributed by atoms with van der Waals surface area (Å²) in [5.74, 6) is 0.893. The van der Waals surface area contributed by atoms with Gasteiger partial charge >= 0.3 is 0 Å². The zero-order valence-corrected chi connectivity index (χ0v) is 11.6. The van der Waals surface area contributed by atoms with Crippen LogP contribution in [0.5, 0.6) is 0 Å². The van der Waals surface area contributed by atoms with Gasteiger partial charge in [-0.2, -0.15) is 0 Å². The highest BCUT2D eigenvalue weighted by molar-refractivity contribution is 6.34. The fourth-order valence-corrected chi connectivity index (χ4v) is 2.24. The van der Waals surface area contributed by atoms with Crippen LogP contribution < -0.4 is 5.32 Å². The summed E-state index contributed by atoms with van der Waals surface area (Å²) in [4.78, 5) is 0. The number of benzene rings is 1. The summed E-state index contributed by atoms with van der Waals surface area (Å²) >= 11 is 6.11. The number of ether oxygens (including phenoxy) is 1. The Bertz CT molecular complexity index is 523. The molecule has 2 atom stereocenters. The molecule has 2 aromatic rings. The fourth-order valence-electron chi connectivity index (χ4n) is 2.02. The van der Waals surface area contributed by atoms with Gasteiger partial charge in [-0.3, -0.25) is 0 Å². The lowest BCUT2D eigenvalue weighted by atomic mass is 10.1. The van der Waals surface area contributed by atoms with Gasteiger partial charge in [-0.25, -0.2) is 0 Å². The van der Waals surface area contributed by atoms with Crippen molar-refractivity contribution in [3.63, 3.8) is 0 Å². The van der Waals surface area contributed by atoms with E-state index in [9.17, 15) is 0 Å². The molecule has 18 heavy (non-hydrogen) atoms. The normalized spacial score (nSPS) is 14.9. The molecule has 0 fully saturated rings. The van der Waals surface area contributed by atoms with Crippen LogP contribution in [0.1, 0.15) is 25.1 Å². The van der Waals surface area contributed by atoms with Gasteiger partial charge in [0.1, 0.15) is 5.76 Å². The Balaban J connectivity index is 2.31. The molecule has 1 N–H and O–H groups in total. The number of para-hydroxylation sites is 1. The van der Waals surface area contributed by atoms with E-state index in [1.165, 1.54) is 0 Å². The number of halogens is 1. The minimum absolute atomic E-state index is 0.128. The molecule has 0 spiro atoms. The molecule has 3 nitrogen and oxygen atoms in total. The lowest BCUT2D eigenvalue weighted by molar-refractivity contribution is 0.0988. The number of furan rings is 1. The third kappa shape index (κ3) is 2.69. The van der Waals surface area contributed by atoms with Crippen LogP contribution in [0.25, 0.3) is 11.0 Å². The second-order valence-corrected chi connectivity index (χ2v) is 4.84. The van der Waals surface area contributed by atoms with Crippen molar-refractivity contribution in [2.24, 2.45) is 0 Å². The average molecular weight is 268 g/mol. The number of nitrogens with one attached hydrogen (secondary N) is 1. The first-order valence-corrected chi connectivity index (χ1v) is 6.41. The highest BCUT2D eigenvalue weighted by Gasteiger charge is 2.18. The van der Waals surface area contributed by atoms with Gasteiger partial charge in [-0.05, 0) is 32.5 Å². The summed E-state index contributed by atoms with van der Waals surface area (Å²) in [5, 5.41) is 4.92. The van der Waals surface area contributed by atoms with Crippen molar-refractivity contribution in [3.8, 4) is 0 Å². The molecule has 0 amide bonds. The molecular weight excluding hydrogens is 250 g/mol. The van der Waals surface area contributed by atoms with Crippen LogP contribution in [0.2, 0.25) is 5.02 Å². The number of methoxy groups -OCH3 is 1. The molecule has 4 heteroatoms. The molecule has 1 aromatic heterocycles. The number of rotatable bonds is 5. The molecule has 2 rings (SSSR count). The van der Waals surface area contributed by atoms with Gasteiger partial charge in [0.2, 0.25) is 0 Å². The van der Waals surface area contributed by atoms with Gasteiger partial charge in [-0.15, -0.1) is 0 Å². The summed E-state index contributed by atoms with van der Waals surface area (Å²) < 4.78 is 11.1. The minimum atomic E-state index is 0.128. The predicted molar refractivity (Wildman–Crippen MR) is 74.1 cm³/mol. The van der Waals surface area contributed by atoms with Crippen LogP contribution >= 0.6 is 11.6 Å². The number of fused-ring (bicyclic) bond motifs is 1. The Morgan fingerprint density at radius 3 is 2.83 bits per heavy atom. The maximum Gasteiger partial charge on any atom is 0.152 e. The van der Waals surface area contributed by atoms with Gasteiger partial charge in [0.25, 0.3) is 0 Å². The molecule has 0 saturated carbocycles. The number of hydrogen-bond donors (Lipinski definition) is 1. The Kier molecular flexibility index (Phi) is 4.27. The van der Waals surface area contributed by atoms with Gasteiger partial charge in [-0.1, -0.05) is 23.7 Å². The van der Waals surface area contributed by atoms with E-state index in [1.54, 1.807) is 7.11 Å². The van der Waals surface area contributed by atoms with E-state index in [0.29, 0.717) is 5.02 Å². The zero-order chi connectivity index (χ0) is 13.1. The molecule has 0 radical (unpaired) electrons. The smallest absolute Gasteiger partial charge is 0.152 e. The quantitative estimate of drug-likeness (QED) is 0.895. The van der Waals surface area contributed by atoms with Crippen LogP contribution in [-0.2, 0) is 4.74 Å². The highest BCUT2D eigenvalue weighted by Crippen LogP contribution is 2.30. The van der Waals surface area contributed by atoms with Crippen LogP contribution in [-0.4, -0.2) is 20.3 Å². The zero-order valence-electron chi connectivity index (χ0n) is 10.9. The summed E-state index contributed by atoms with van der Waals surface area (Å²) in [7, 11) is 3.63. The molecule has 1 heterocycles. The second-order valence-electron chi connectivity index (χ2n) is 4.43. The molecule has 0 bridgehead atoms. The molecule has 0 aliphatic carbocycles. The van der Waals surface area contributed by atoms with E-state index in [0.717, 1.165) is 23.2 Å². The van der Waals surface area contributed by atoms with E-state index in [-0.39, 0.29) is 12.1 Å². The standard InChI is InChI=1S/C14H18ClNO2/c1-9(17-3)7-12(16-2)13-8-10-5-4-6-11(15)14(10)18-13/h4-6,8-9,12,16H,7H2,1-3H3. The first-order chi connectivity index (χ1) is 8.65. The highest BCUT2D eigenvalue weighted by atomic mass is 35.5. The minimum Gasteiger partial charge on any atom is -0.458 e. The lowest BCUT2D eigenvalue weighted by Gasteiger charge is -2.17. The molecular formula is C14H18ClNO2.